The highest BCUT2D eigenvalue weighted by atomic mass is 32.1. The van der Waals surface area contributed by atoms with Gasteiger partial charge in [-0.25, -0.2) is 4.98 Å². The average molecular weight is 287 g/mol. The van der Waals surface area contributed by atoms with Gasteiger partial charge in [0.25, 0.3) is 0 Å². The number of ether oxygens (including phenoxy) is 1. The molecule has 3 rings (SSSR count). The van der Waals surface area contributed by atoms with Gasteiger partial charge in [0.15, 0.2) is 0 Å². The number of anilines is 1. The van der Waals surface area contributed by atoms with Gasteiger partial charge in [-0.15, -0.1) is 11.3 Å². The van der Waals surface area contributed by atoms with Gasteiger partial charge in [-0.3, -0.25) is 5.43 Å². The smallest absolute Gasteiger partial charge is 0.203 e. The van der Waals surface area contributed by atoms with E-state index in [4.69, 9.17) is 4.74 Å². The van der Waals surface area contributed by atoms with Crippen molar-refractivity contribution < 1.29 is 4.74 Å². The van der Waals surface area contributed by atoms with E-state index < -0.39 is 0 Å². The van der Waals surface area contributed by atoms with E-state index in [0.717, 1.165) is 29.3 Å². The lowest BCUT2D eigenvalue weighted by Gasteiger charge is -2.06. The molecule has 20 heavy (non-hydrogen) atoms. The number of hydrogen-bond acceptors (Lipinski definition) is 5. The molecule has 0 aliphatic heterocycles. The van der Waals surface area contributed by atoms with Crippen LogP contribution in [-0.2, 0) is 12.8 Å². The van der Waals surface area contributed by atoms with Gasteiger partial charge in [0.05, 0.1) is 19.0 Å². The van der Waals surface area contributed by atoms with Gasteiger partial charge in [0, 0.05) is 4.88 Å². The summed E-state index contributed by atoms with van der Waals surface area (Å²) in [6.45, 7) is 0. The summed E-state index contributed by atoms with van der Waals surface area (Å²) >= 11 is 1.72. The fourth-order valence-corrected chi connectivity index (χ4v) is 3.25. The Morgan fingerprint density at radius 2 is 2.05 bits per heavy atom. The number of rotatable bonds is 4. The van der Waals surface area contributed by atoms with Crippen LogP contribution >= 0.6 is 11.3 Å². The molecule has 0 atom stereocenters. The minimum absolute atomic E-state index is 0.850. The zero-order valence-electron chi connectivity index (χ0n) is 11.4. The summed E-state index contributed by atoms with van der Waals surface area (Å²) in [5.74, 6) is 0.850. The van der Waals surface area contributed by atoms with Crippen molar-refractivity contribution in [1.82, 2.24) is 4.98 Å². The first kappa shape index (κ1) is 13.1. The molecule has 0 bridgehead atoms. The van der Waals surface area contributed by atoms with Gasteiger partial charge in [-0.1, -0.05) is 0 Å². The van der Waals surface area contributed by atoms with Crippen LogP contribution in [0.15, 0.2) is 29.4 Å². The van der Waals surface area contributed by atoms with Crippen LogP contribution in [0, 0.1) is 0 Å². The van der Waals surface area contributed by atoms with Crippen molar-refractivity contribution in [3.8, 4) is 5.75 Å². The van der Waals surface area contributed by atoms with E-state index in [2.05, 4.69) is 15.5 Å². The van der Waals surface area contributed by atoms with Gasteiger partial charge in [-0.05, 0) is 55.5 Å². The number of fused-ring (bicyclic) bond motifs is 1. The maximum atomic E-state index is 5.12. The number of benzene rings is 1. The van der Waals surface area contributed by atoms with Crippen LogP contribution in [0.2, 0.25) is 0 Å². The zero-order chi connectivity index (χ0) is 13.8. The van der Waals surface area contributed by atoms with E-state index in [0.29, 0.717) is 0 Å². The highest BCUT2D eigenvalue weighted by Crippen LogP contribution is 2.29. The SMILES string of the molecule is COc1ccc(/C=N\Nc2nc3c(s2)CCCC3)cc1. The molecule has 1 aromatic carbocycles. The Morgan fingerprint density at radius 1 is 1.25 bits per heavy atom. The zero-order valence-corrected chi connectivity index (χ0v) is 12.2. The Kier molecular flexibility index (Phi) is 3.97. The molecule has 4 nitrogen and oxygen atoms in total. The number of hydrogen-bond donors (Lipinski definition) is 1. The molecule has 1 aromatic heterocycles. The van der Waals surface area contributed by atoms with E-state index in [-0.39, 0.29) is 0 Å². The van der Waals surface area contributed by atoms with Crippen LogP contribution in [0.4, 0.5) is 5.13 Å². The largest absolute Gasteiger partial charge is 0.497 e. The molecule has 5 heteroatoms. The minimum Gasteiger partial charge on any atom is -0.497 e. The van der Waals surface area contributed by atoms with Crippen LogP contribution in [-0.4, -0.2) is 18.3 Å². The Morgan fingerprint density at radius 3 is 2.80 bits per heavy atom. The number of aryl methyl sites for hydroxylation is 2. The molecule has 1 N–H and O–H groups in total. The van der Waals surface area contributed by atoms with E-state index >= 15 is 0 Å². The van der Waals surface area contributed by atoms with Crippen LogP contribution in [0.1, 0.15) is 29.0 Å². The fourth-order valence-electron chi connectivity index (χ4n) is 2.25. The monoisotopic (exact) mass is 287 g/mol. The normalized spacial score (nSPS) is 14.2. The molecule has 0 saturated carbocycles. The maximum absolute atomic E-state index is 5.12. The van der Waals surface area contributed by atoms with Crippen LogP contribution in [0.25, 0.3) is 0 Å². The molecular weight excluding hydrogens is 270 g/mol. The average Bonchev–Trinajstić information content (AvgIpc) is 2.90. The molecule has 1 aliphatic carbocycles. The predicted molar refractivity (Wildman–Crippen MR) is 83.0 cm³/mol. The fraction of sp³-hybridized carbons (Fsp3) is 0.333. The molecule has 0 fully saturated rings. The van der Waals surface area contributed by atoms with Crippen molar-refractivity contribution in [3.05, 3.63) is 40.4 Å². The first-order valence-electron chi connectivity index (χ1n) is 6.77. The molecule has 1 heterocycles. The van der Waals surface area contributed by atoms with Gasteiger partial charge >= 0.3 is 0 Å². The molecule has 0 saturated heterocycles. The second kappa shape index (κ2) is 6.05. The Balaban J connectivity index is 1.63. The highest BCUT2D eigenvalue weighted by Gasteiger charge is 2.14. The summed E-state index contributed by atoms with van der Waals surface area (Å²) in [5, 5.41) is 5.13. The summed E-state index contributed by atoms with van der Waals surface area (Å²) in [6.07, 6.45) is 6.60. The summed E-state index contributed by atoms with van der Waals surface area (Å²) < 4.78 is 5.12. The highest BCUT2D eigenvalue weighted by molar-refractivity contribution is 7.15. The predicted octanol–water partition coefficient (Wildman–Crippen LogP) is 3.48. The van der Waals surface area contributed by atoms with E-state index in [1.165, 1.54) is 23.4 Å². The Hall–Kier alpha value is -1.88. The summed E-state index contributed by atoms with van der Waals surface area (Å²) in [5.41, 5.74) is 5.31. The van der Waals surface area contributed by atoms with Crippen molar-refractivity contribution >= 4 is 22.7 Å². The second-order valence-corrected chi connectivity index (χ2v) is 5.82. The third-order valence-corrected chi connectivity index (χ3v) is 4.40. The number of methoxy groups -OCH3 is 1. The molecule has 0 spiro atoms. The first-order chi connectivity index (χ1) is 9.85. The number of hydrazone groups is 1. The van der Waals surface area contributed by atoms with Crippen molar-refractivity contribution in [2.75, 3.05) is 12.5 Å². The maximum Gasteiger partial charge on any atom is 0.203 e. The van der Waals surface area contributed by atoms with Crippen LogP contribution in [0.5, 0.6) is 5.75 Å². The van der Waals surface area contributed by atoms with E-state index in [9.17, 15) is 0 Å². The third-order valence-electron chi connectivity index (χ3n) is 3.34. The Labute approximate surface area is 122 Å². The first-order valence-corrected chi connectivity index (χ1v) is 7.58. The van der Waals surface area contributed by atoms with E-state index in [1.807, 2.05) is 24.3 Å². The molecule has 0 amide bonds. The van der Waals surface area contributed by atoms with E-state index in [1.54, 1.807) is 24.7 Å². The number of nitrogens with one attached hydrogen (secondary N) is 1. The lowest BCUT2D eigenvalue weighted by Crippen LogP contribution is -1.99. The van der Waals surface area contributed by atoms with Gasteiger partial charge in [0.1, 0.15) is 5.75 Å². The van der Waals surface area contributed by atoms with Crippen molar-refractivity contribution in [2.24, 2.45) is 5.10 Å². The lowest BCUT2D eigenvalue weighted by atomic mass is 10.0. The third kappa shape index (κ3) is 2.99. The number of aromatic nitrogens is 1. The van der Waals surface area contributed by atoms with Gasteiger partial charge in [-0.2, -0.15) is 5.10 Å². The summed E-state index contributed by atoms with van der Waals surface area (Å²) in [7, 11) is 1.66. The number of nitrogens with zero attached hydrogens (tertiary/aromatic N) is 2. The topological polar surface area (TPSA) is 46.5 Å². The van der Waals surface area contributed by atoms with Crippen molar-refractivity contribution in [2.45, 2.75) is 25.7 Å². The quantitative estimate of drug-likeness (QED) is 0.692. The standard InChI is InChI=1S/C15H17N3OS/c1-19-12-8-6-11(7-9-12)10-16-18-15-17-13-4-2-3-5-14(13)20-15/h6-10H,2-5H2,1H3,(H,17,18)/b16-10-. The summed E-state index contributed by atoms with van der Waals surface area (Å²) in [4.78, 5) is 6.00. The van der Waals surface area contributed by atoms with Gasteiger partial charge in [0.2, 0.25) is 5.13 Å². The Bertz CT molecular complexity index is 581. The molecule has 1 aliphatic rings. The molecule has 0 unspecified atom stereocenters. The summed E-state index contributed by atoms with van der Waals surface area (Å²) in [6, 6.07) is 7.78. The molecular formula is C15H17N3OS. The van der Waals surface area contributed by atoms with Crippen LogP contribution in [0.3, 0.4) is 0 Å². The van der Waals surface area contributed by atoms with Gasteiger partial charge < -0.3 is 4.74 Å². The second-order valence-electron chi connectivity index (χ2n) is 4.74. The van der Waals surface area contributed by atoms with Crippen molar-refractivity contribution in [3.63, 3.8) is 0 Å². The van der Waals surface area contributed by atoms with Crippen molar-refractivity contribution in [1.29, 1.82) is 0 Å². The molecule has 104 valence electrons. The number of thiazole rings is 1. The minimum atomic E-state index is 0.850. The molecule has 0 radical (unpaired) electrons. The lowest BCUT2D eigenvalue weighted by molar-refractivity contribution is 0.415. The molecule has 2 aromatic rings. The van der Waals surface area contributed by atoms with Crippen LogP contribution < -0.4 is 10.2 Å².